The number of carbonyl (C=O) groups is 1. The van der Waals surface area contributed by atoms with Crippen molar-refractivity contribution in [3.05, 3.63) is 47.5 Å². The van der Waals surface area contributed by atoms with Crippen molar-refractivity contribution in [1.82, 2.24) is 20.1 Å². The summed E-state index contributed by atoms with van der Waals surface area (Å²) in [6.45, 7) is 7.96. The molecule has 1 aliphatic rings. The van der Waals surface area contributed by atoms with Crippen molar-refractivity contribution in [1.29, 1.82) is 0 Å². The number of H-pyrrole nitrogens is 1. The third-order valence-corrected chi connectivity index (χ3v) is 4.71. The van der Waals surface area contributed by atoms with Gasteiger partial charge < -0.3 is 4.90 Å². The fraction of sp³-hybridized carbons (Fsp3) is 0.500. The van der Waals surface area contributed by atoms with Crippen LogP contribution in [-0.4, -0.2) is 39.1 Å². The zero-order valence-corrected chi connectivity index (χ0v) is 14.0. The molecule has 5 nitrogen and oxygen atoms in total. The minimum Gasteiger partial charge on any atom is -0.341 e. The van der Waals surface area contributed by atoms with E-state index in [0.717, 1.165) is 18.9 Å². The number of aromatic amines is 1. The minimum atomic E-state index is 0.0954. The van der Waals surface area contributed by atoms with Gasteiger partial charge in [0.15, 0.2) is 5.82 Å². The van der Waals surface area contributed by atoms with Gasteiger partial charge in [-0.25, -0.2) is 4.98 Å². The van der Waals surface area contributed by atoms with Gasteiger partial charge in [0.25, 0.3) is 0 Å². The average molecular weight is 312 g/mol. The third-order valence-electron chi connectivity index (χ3n) is 4.71. The third kappa shape index (κ3) is 3.44. The van der Waals surface area contributed by atoms with Gasteiger partial charge in [0.2, 0.25) is 5.91 Å². The van der Waals surface area contributed by atoms with Crippen LogP contribution in [0.3, 0.4) is 0 Å². The van der Waals surface area contributed by atoms with Gasteiger partial charge in [-0.1, -0.05) is 44.2 Å². The van der Waals surface area contributed by atoms with E-state index in [0.29, 0.717) is 24.6 Å². The quantitative estimate of drug-likeness (QED) is 0.944. The molecule has 1 N–H and O–H groups in total. The normalized spacial score (nSPS) is 20.0. The zero-order chi connectivity index (χ0) is 16.4. The highest BCUT2D eigenvalue weighted by Gasteiger charge is 2.41. The second-order valence-corrected chi connectivity index (χ2v) is 7.06. The molecule has 1 saturated heterocycles. The monoisotopic (exact) mass is 312 g/mol. The van der Waals surface area contributed by atoms with E-state index >= 15 is 0 Å². The average Bonchev–Trinajstić information content (AvgIpc) is 3.08. The second-order valence-electron chi connectivity index (χ2n) is 7.06. The number of aryl methyl sites for hydroxylation is 2. The van der Waals surface area contributed by atoms with E-state index in [1.165, 1.54) is 5.56 Å². The van der Waals surface area contributed by atoms with Gasteiger partial charge in [0.1, 0.15) is 5.82 Å². The molecule has 2 aromatic rings. The van der Waals surface area contributed by atoms with Gasteiger partial charge >= 0.3 is 0 Å². The van der Waals surface area contributed by atoms with Crippen LogP contribution in [0.15, 0.2) is 30.3 Å². The van der Waals surface area contributed by atoms with Gasteiger partial charge in [-0.2, -0.15) is 5.10 Å². The molecule has 0 aliphatic carbocycles. The smallest absolute Gasteiger partial charge is 0.223 e. The number of amides is 1. The standard InChI is InChI=1S/C18H24N4O/c1-13-19-16(21-20-13)9-10-17(23)22-11-15(18(2,3)12-22)14-7-5-4-6-8-14/h4-8,15H,9-12H2,1-3H3,(H,19,20,21)/t15-/m1/s1. The first-order chi connectivity index (χ1) is 11.0. The van der Waals surface area contributed by atoms with E-state index < -0.39 is 0 Å². The van der Waals surface area contributed by atoms with Crippen LogP contribution in [0.1, 0.15) is 43.4 Å². The lowest BCUT2D eigenvalue weighted by Gasteiger charge is -2.25. The molecule has 1 aromatic carbocycles. The number of nitrogens with zero attached hydrogens (tertiary/aromatic N) is 3. The van der Waals surface area contributed by atoms with Crippen molar-refractivity contribution >= 4 is 5.91 Å². The minimum absolute atomic E-state index is 0.0954. The fourth-order valence-electron chi connectivity index (χ4n) is 3.44. The summed E-state index contributed by atoms with van der Waals surface area (Å²) in [4.78, 5) is 18.8. The van der Waals surface area contributed by atoms with Crippen LogP contribution in [-0.2, 0) is 11.2 Å². The van der Waals surface area contributed by atoms with Crippen molar-refractivity contribution in [2.24, 2.45) is 5.41 Å². The first kappa shape index (κ1) is 15.7. The topological polar surface area (TPSA) is 61.9 Å². The summed E-state index contributed by atoms with van der Waals surface area (Å²) in [7, 11) is 0. The van der Waals surface area contributed by atoms with Crippen LogP contribution in [0.4, 0.5) is 0 Å². The maximum Gasteiger partial charge on any atom is 0.223 e. The number of benzene rings is 1. The van der Waals surface area contributed by atoms with Crippen LogP contribution in [0.5, 0.6) is 0 Å². The Morgan fingerprint density at radius 1 is 1.35 bits per heavy atom. The lowest BCUT2D eigenvalue weighted by molar-refractivity contribution is -0.130. The molecule has 0 bridgehead atoms. The molecule has 2 heterocycles. The molecule has 122 valence electrons. The van der Waals surface area contributed by atoms with Gasteiger partial charge in [0, 0.05) is 31.8 Å². The van der Waals surface area contributed by atoms with Crippen molar-refractivity contribution < 1.29 is 4.79 Å². The van der Waals surface area contributed by atoms with Gasteiger partial charge in [-0.3, -0.25) is 9.89 Å². The number of carbonyl (C=O) groups excluding carboxylic acids is 1. The zero-order valence-electron chi connectivity index (χ0n) is 14.0. The molecule has 1 amide bonds. The Morgan fingerprint density at radius 3 is 2.74 bits per heavy atom. The summed E-state index contributed by atoms with van der Waals surface area (Å²) >= 11 is 0. The number of nitrogens with one attached hydrogen (secondary N) is 1. The van der Waals surface area contributed by atoms with Crippen LogP contribution in [0, 0.1) is 12.3 Å². The summed E-state index contributed by atoms with van der Waals surface area (Å²) in [5, 5.41) is 6.92. The predicted octanol–water partition coefficient (Wildman–Crippen LogP) is 2.70. The molecule has 5 heteroatoms. The second kappa shape index (κ2) is 6.14. The van der Waals surface area contributed by atoms with E-state index in [1.54, 1.807) is 0 Å². The molecular weight excluding hydrogens is 288 g/mol. The molecule has 1 fully saturated rings. The fourth-order valence-corrected chi connectivity index (χ4v) is 3.44. The van der Waals surface area contributed by atoms with E-state index in [1.807, 2.05) is 17.9 Å². The molecular formula is C18H24N4O. The number of hydrogen-bond donors (Lipinski definition) is 1. The number of rotatable bonds is 4. The van der Waals surface area contributed by atoms with E-state index in [2.05, 4.69) is 53.3 Å². The summed E-state index contributed by atoms with van der Waals surface area (Å²) in [5.41, 5.74) is 1.41. The molecule has 0 spiro atoms. The first-order valence-corrected chi connectivity index (χ1v) is 8.16. The van der Waals surface area contributed by atoms with Crippen molar-refractivity contribution in [2.75, 3.05) is 13.1 Å². The molecule has 1 aliphatic heterocycles. The van der Waals surface area contributed by atoms with Crippen molar-refractivity contribution in [2.45, 2.75) is 39.5 Å². The highest BCUT2D eigenvalue weighted by Crippen LogP contribution is 2.42. The van der Waals surface area contributed by atoms with E-state index in [9.17, 15) is 4.79 Å². The Labute approximate surface area is 137 Å². The Morgan fingerprint density at radius 2 is 2.09 bits per heavy atom. The summed E-state index contributed by atoms with van der Waals surface area (Å²) < 4.78 is 0. The maximum atomic E-state index is 12.6. The lowest BCUT2D eigenvalue weighted by atomic mass is 9.78. The molecule has 0 saturated carbocycles. The first-order valence-electron chi connectivity index (χ1n) is 8.16. The van der Waals surface area contributed by atoms with Crippen LogP contribution < -0.4 is 0 Å². The molecule has 0 unspecified atom stereocenters. The predicted molar refractivity (Wildman–Crippen MR) is 89.0 cm³/mol. The molecule has 23 heavy (non-hydrogen) atoms. The largest absolute Gasteiger partial charge is 0.341 e. The van der Waals surface area contributed by atoms with Gasteiger partial charge in [-0.15, -0.1) is 0 Å². The Bertz CT molecular complexity index is 677. The number of aromatic nitrogens is 3. The Hall–Kier alpha value is -2.17. The highest BCUT2D eigenvalue weighted by atomic mass is 16.2. The molecule has 0 radical (unpaired) electrons. The number of likely N-dealkylation sites (tertiary alicyclic amines) is 1. The molecule has 1 aromatic heterocycles. The van der Waals surface area contributed by atoms with E-state index in [-0.39, 0.29) is 11.3 Å². The van der Waals surface area contributed by atoms with Crippen molar-refractivity contribution in [3.8, 4) is 0 Å². The lowest BCUT2D eigenvalue weighted by Crippen LogP contribution is -2.30. The molecule has 3 rings (SSSR count). The highest BCUT2D eigenvalue weighted by molar-refractivity contribution is 5.77. The summed E-state index contributed by atoms with van der Waals surface area (Å²) in [5.74, 6) is 2.09. The van der Waals surface area contributed by atoms with Crippen LogP contribution in [0.2, 0.25) is 0 Å². The van der Waals surface area contributed by atoms with Gasteiger partial charge in [-0.05, 0) is 17.9 Å². The number of hydrogen-bond acceptors (Lipinski definition) is 3. The summed E-state index contributed by atoms with van der Waals surface area (Å²) in [6, 6.07) is 10.5. The maximum absolute atomic E-state index is 12.6. The summed E-state index contributed by atoms with van der Waals surface area (Å²) in [6.07, 6.45) is 1.06. The molecule has 1 atom stereocenters. The van der Waals surface area contributed by atoms with Crippen molar-refractivity contribution in [3.63, 3.8) is 0 Å². The Balaban J connectivity index is 1.64. The Kier molecular flexibility index (Phi) is 4.20. The van der Waals surface area contributed by atoms with Crippen LogP contribution >= 0.6 is 0 Å². The SMILES string of the molecule is Cc1nc(CCC(=O)N2C[C@H](c3ccccc3)C(C)(C)C2)n[nH]1. The van der Waals surface area contributed by atoms with E-state index in [4.69, 9.17) is 0 Å². The van der Waals surface area contributed by atoms with Gasteiger partial charge in [0.05, 0.1) is 0 Å². The van der Waals surface area contributed by atoms with Crippen LogP contribution in [0.25, 0.3) is 0 Å².